The van der Waals surface area contributed by atoms with Gasteiger partial charge in [-0.3, -0.25) is 4.79 Å². The van der Waals surface area contributed by atoms with Crippen molar-refractivity contribution in [2.24, 2.45) is 0 Å². The number of rotatable bonds is 4. The summed E-state index contributed by atoms with van der Waals surface area (Å²) in [5.74, 6) is 0.685. The molecule has 1 aliphatic heterocycles. The molecule has 116 valence electrons. The third-order valence-corrected chi connectivity index (χ3v) is 5.85. The molecule has 0 saturated carbocycles. The number of benzene rings is 1. The van der Waals surface area contributed by atoms with Crippen LogP contribution < -0.4 is 4.72 Å². The normalized spacial score (nSPS) is 19.5. The zero-order valence-electron chi connectivity index (χ0n) is 11.6. The number of nitrogens with one attached hydrogen (secondary N) is 1. The molecule has 0 radical (unpaired) electrons. The van der Waals surface area contributed by atoms with Crippen LogP contribution in [0.25, 0.3) is 0 Å². The van der Waals surface area contributed by atoms with Gasteiger partial charge in [-0.15, -0.1) is 0 Å². The van der Waals surface area contributed by atoms with Crippen LogP contribution in [0.4, 0.5) is 0 Å². The molecule has 1 atom stereocenters. The van der Waals surface area contributed by atoms with Gasteiger partial charge in [0.25, 0.3) is 0 Å². The van der Waals surface area contributed by atoms with Crippen LogP contribution in [0.5, 0.6) is 0 Å². The van der Waals surface area contributed by atoms with Crippen LogP contribution >= 0.6 is 23.4 Å². The molecular weight excluding hydrogens is 332 g/mol. The van der Waals surface area contributed by atoms with Crippen LogP contribution in [-0.2, 0) is 14.8 Å². The van der Waals surface area contributed by atoms with E-state index in [0.717, 1.165) is 17.1 Å². The van der Waals surface area contributed by atoms with Gasteiger partial charge in [-0.1, -0.05) is 23.7 Å². The summed E-state index contributed by atoms with van der Waals surface area (Å²) in [6, 6.07) is 7.21. The van der Waals surface area contributed by atoms with E-state index in [4.69, 9.17) is 11.6 Å². The summed E-state index contributed by atoms with van der Waals surface area (Å²) < 4.78 is 25.3. The number of amides is 1. The summed E-state index contributed by atoms with van der Waals surface area (Å²) in [4.78, 5) is 13.9. The van der Waals surface area contributed by atoms with Crippen LogP contribution in [0.2, 0.25) is 5.02 Å². The van der Waals surface area contributed by atoms with Crippen molar-refractivity contribution in [3.8, 4) is 0 Å². The first-order valence-corrected chi connectivity index (χ1v) is 9.65. The number of hydrogen-bond acceptors (Lipinski definition) is 4. The van der Waals surface area contributed by atoms with E-state index in [-0.39, 0.29) is 11.9 Å². The molecule has 2 rings (SSSR count). The molecule has 1 saturated heterocycles. The molecule has 1 amide bonds. The number of carbonyl (C=O) groups is 1. The molecular formula is C13H17ClN2O3S2. The highest BCUT2D eigenvalue weighted by Gasteiger charge is 2.30. The van der Waals surface area contributed by atoms with Crippen LogP contribution in [0.1, 0.15) is 11.6 Å². The number of halogens is 1. The molecule has 1 heterocycles. The van der Waals surface area contributed by atoms with Crippen molar-refractivity contribution in [1.29, 1.82) is 0 Å². The molecule has 1 aromatic carbocycles. The van der Waals surface area contributed by atoms with Gasteiger partial charge in [0, 0.05) is 23.1 Å². The van der Waals surface area contributed by atoms with E-state index in [2.05, 4.69) is 4.72 Å². The number of sulfonamides is 1. The van der Waals surface area contributed by atoms with Crippen molar-refractivity contribution in [2.45, 2.75) is 6.04 Å². The Labute approximate surface area is 134 Å². The Morgan fingerprint density at radius 3 is 2.71 bits per heavy atom. The monoisotopic (exact) mass is 348 g/mol. The number of hydrogen-bond donors (Lipinski definition) is 1. The van der Waals surface area contributed by atoms with E-state index in [9.17, 15) is 13.2 Å². The lowest BCUT2D eigenvalue weighted by Gasteiger charge is -2.35. The molecule has 1 N–H and O–H groups in total. The fraction of sp³-hybridized carbons (Fsp3) is 0.462. The SMILES string of the molecule is CNS(=O)(=O)CC(=O)N1CCSCC1c1ccc(Cl)cc1. The summed E-state index contributed by atoms with van der Waals surface area (Å²) in [5, 5.41) is 0.637. The highest BCUT2D eigenvalue weighted by Crippen LogP contribution is 2.30. The number of nitrogens with zero attached hydrogens (tertiary/aromatic N) is 1. The first-order valence-electron chi connectivity index (χ1n) is 6.47. The van der Waals surface area contributed by atoms with Crippen molar-refractivity contribution in [3.05, 3.63) is 34.9 Å². The zero-order chi connectivity index (χ0) is 15.5. The summed E-state index contributed by atoms with van der Waals surface area (Å²) in [5.41, 5.74) is 0.974. The summed E-state index contributed by atoms with van der Waals surface area (Å²) >= 11 is 7.64. The third kappa shape index (κ3) is 4.35. The van der Waals surface area contributed by atoms with Gasteiger partial charge in [-0.05, 0) is 24.7 Å². The Morgan fingerprint density at radius 2 is 2.10 bits per heavy atom. The zero-order valence-corrected chi connectivity index (χ0v) is 14.0. The Hall–Kier alpha value is -0.760. The van der Waals surface area contributed by atoms with Crippen molar-refractivity contribution in [1.82, 2.24) is 9.62 Å². The highest BCUT2D eigenvalue weighted by atomic mass is 35.5. The van der Waals surface area contributed by atoms with Crippen LogP contribution in [-0.4, -0.2) is 50.1 Å². The second kappa shape index (κ2) is 7.00. The molecule has 0 bridgehead atoms. The lowest BCUT2D eigenvalue weighted by molar-refractivity contribution is -0.130. The van der Waals surface area contributed by atoms with E-state index in [0.29, 0.717) is 11.6 Å². The first kappa shape index (κ1) is 16.6. The minimum Gasteiger partial charge on any atom is -0.333 e. The Bertz CT molecular complexity index is 604. The minimum absolute atomic E-state index is 0.111. The van der Waals surface area contributed by atoms with Gasteiger partial charge in [-0.25, -0.2) is 13.1 Å². The van der Waals surface area contributed by atoms with E-state index >= 15 is 0 Å². The predicted octanol–water partition coefficient (Wildman–Crippen LogP) is 1.51. The van der Waals surface area contributed by atoms with Crippen molar-refractivity contribution >= 4 is 39.3 Å². The molecule has 5 nitrogen and oxygen atoms in total. The standard InChI is InChI=1S/C13H17ClN2O3S2/c1-15-21(18,19)9-13(17)16-6-7-20-8-12(16)10-2-4-11(14)5-3-10/h2-5,12,15H,6-9H2,1H3. The van der Waals surface area contributed by atoms with Gasteiger partial charge >= 0.3 is 0 Å². The maximum atomic E-state index is 12.3. The van der Waals surface area contributed by atoms with E-state index in [1.165, 1.54) is 7.05 Å². The summed E-state index contributed by atoms with van der Waals surface area (Å²) in [6.07, 6.45) is 0. The molecule has 0 spiro atoms. The Morgan fingerprint density at radius 1 is 1.43 bits per heavy atom. The molecule has 1 unspecified atom stereocenters. The highest BCUT2D eigenvalue weighted by molar-refractivity contribution is 7.99. The molecule has 8 heteroatoms. The van der Waals surface area contributed by atoms with Crippen LogP contribution in [0, 0.1) is 0 Å². The quantitative estimate of drug-likeness (QED) is 0.895. The molecule has 21 heavy (non-hydrogen) atoms. The van der Waals surface area contributed by atoms with Crippen LogP contribution in [0.3, 0.4) is 0 Å². The Kier molecular flexibility index (Phi) is 5.54. The molecule has 1 aromatic rings. The lowest BCUT2D eigenvalue weighted by atomic mass is 10.1. The van der Waals surface area contributed by atoms with Gasteiger partial charge in [-0.2, -0.15) is 11.8 Å². The van der Waals surface area contributed by atoms with Crippen molar-refractivity contribution < 1.29 is 13.2 Å². The molecule has 0 aliphatic carbocycles. The van der Waals surface area contributed by atoms with Crippen LogP contribution in [0.15, 0.2) is 24.3 Å². The second-order valence-electron chi connectivity index (χ2n) is 4.69. The maximum Gasteiger partial charge on any atom is 0.239 e. The summed E-state index contributed by atoms with van der Waals surface area (Å²) in [6.45, 7) is 0.552. The number of thioether (sulfide) groups is 1. The topological polar surface area (TPSA) is 66.5 Å². The average molecular weight is 349 g/mol. The fourth-order valence-electron chi connectivity index (χ4n) is 2.18. The van der Waals surface area contributed by atoms with Crippen molar-refractivity contribution in [3.63, 3.8) is 0 Å². The average Bonchev–Trinajstić information content (AvgIpc) is 2.47. The van der Waals surface area contributed by atoms with Gasteiger partial charge in [0.05, 0.1) is 6.04 Å². The second-order valence-corrected chi connectivity index (χ2v) is 8.21. The van der Waals surface area contributed by atoms with Gasteiger partial charge < -0.3 is 4.90 Å². The Balaban J connectivity index is 2.19. The predicted molar refractivity (Wildman–Crippen MR) is 86.1 cm³/mol. The van der Waals surface area contributed by atoms with E-state index in [1.54, 1.807) is 28.8 Å². The molecule has 0 aromatic heterocycles. The lowest BCUT2D eigenvalue weighted by Crippen LogP contribution is -2.44. The largest absolute Gasteiger partial charge is 0.333 e. The minimum atomic E-state index is -3.55. The third-order valence-electron chi connectivity index (χ3n) is 3.33. The van der Waals surface area contributed by atoms with Gasteiger partial charge in [0.1, 0.15) is 5.75 Å². The fourth-order valence-corrected chi connectivity index (χ4v) is 4.03. The van der Waals surface area contributed by atoms with Crippen molar-refractivity contribution in [2.75, 3.05) is 30.9 Å². The summed E-state index contributed by atoms with van der Waals surface area (Å²) in [7, 11) is -2.24. The molecule has 1 aliphatic rings. The molecule has 1 fully saturated rings. The number of carbonyl (C=O) groups excluding carboxylic acids is 1. The van der Waals surface area contributed by atoms with Gasteiger partial charge in [0.2, 0.25) is 15.9 Å². The smallest absolute Gasteiger partial charge is 0.239 e. The van der Waals surface area contributed by atoms with Gasteiger partial charge in [0.15, 0.2) is 0 Å². The first-order chi connectivity index (χ1) is 9.93. The van der Waals surface area contributed by atoms with E-state index < -0.39 is 15.8 Å². The van der Waals surface area contributed by atoms with E-state index in [1.807, 2.05) is 12.1 Å². The maximum absolute atomic E-state index is 12.3.